The maximum atomic E-state index is 13.0. The van der Waals surface area contributed by atoms with Crippen molar-refractivity contribution in [1.29, 1.82) is 0 Å². The number of hydrogen-bond donors (Lipinski definition) is 1. The minimum absolute atomic E-state index is 0. The van der Waals surface area contributed by atoms with Crippen molar-refractivity contribution in [2.45, 2.75) is 177 Å². The second-order valence-electron chi connectivity index (χ2n) is 22.7. The second kappa shape index (κ2) is 26.3. The van der Waals surface area contributed by atoms with E-state index in [0.29, 0.717) is 24.3 Å². The fraction of sp³-hybridized carbons (Fsp3) is 0.642. The summed E-state index contributed by atoms with van der Waals surface area (Å²) in [5, 5.41) is 9.64. The van der Waals surface area contributed by atoms with Crippen LogP contribution in [0.5, 0.6) is 0 Å². The van der Waals surface area contributed by atoms with E-state index in [1.807, 2.05) is 139 Å². The molecule has 0 aliphatic carbocycles. The summed E-state index contributed by atoms with van der Waals surface area (Å²) in [6.45, 7) is 39.4. The van der Waals surface area contributed by atoms with E-state index < -0.39 is 39.2 Å². The summed E-state index contributed by atoms with van der Waals surface area (Å²) in [4.78, 5) is 38.2. The molecule has 68 heavy (non-hydrogen) atoms. The number of aryl methyl sites for hydroxylation is 4. The van der Waals surface area contributed by atoms with Gasteiger partial charge in [-0.15, -0.1) is 0 Å². The van der Waals surface area contributed by atoms with E-state index >= 15 is 0 Å². The molecule has 2 unspecified atom stereocenters. The third-order valence-corrected chi connectivity index (χ3v) is 14.8. The van der Waals surface area contributed by atoms with Crippen LogP contribution in [0.1, 0.15) is 116 Å². The van der Waals surface area contributed by atoms with Crippen molar-refractivity contribution in [3.8, 4) is 0 Å². The molecule has 2 saturated heterocycles. The zero-order valence-electron chi connectivity index (χ0n) is 45.3. The van der Waals surface area contributed by atoms with Gasteiger partial charge in [0.2, 0.25) is 0 Å². The number of ether oxygens (including phenoxy) is 7. The summed E-state index contributed by atoms with van der Waals surface area (Å²) >= 11 is 0. The molecule has 0 spiro atoms. The fourth-order valence-electron chi connectivity index (χ4n) is 7.86. The van der Waals surface area contributed by atoms with E-state index in [1.165, 1.54) is 0 Å². The zero-order chi connectivity index (χ0) is 50.2. The molecule has 0 aromatic heterocycles. The number of benzene rings is 2. The van der Waals surface area contributed by atoms with Crippen molar-refractivity contribution in [3.63, 3.8) is 0 Å². The average Bonchev–Trinajstić information content (AvgIpc) is 3.66. The minimum atomic E-state index is -1.30. The minimum Gasteiger partial charge on any atom is -0.870 e. The third-order valence-electron chi connectivity index (χ3n) is 11.4. The third kappa shape index (κ3) is 20.3. The van der Waals surface area contributed by atoms with Crippen LogP contribution < -0.4 is 29.6 Å². The number of aliphatic hydroxyl groups is 1. The van der Waals surface area contributed by atoms with Crippen LogP contribution in [0.2, 0.25) is 51.4 Å². The van der Waals surface area contributed by atoms with Gasteiger partial charge in [0.1, 0.15) is 18.8 Å². The molecule has 2 N–H and O–H groups in total. The molecular formula is C53H85NaO12Si2. The molecule has 0 saturated carbocycles. The van der Waals surface area contributed by atoms with E-state index in [4.69, 9.17) is 33.2 Å². The molecule has 4 rings (SSSR count). The Balaban J connectivity index is 0.000000670. The van der Waals surface area contributed by atoms with Gasteiger partial charge in [0.25, 0.3) is 0 Å². The van der Waals surface area contributed by atoms with Crippen molar-refractivity contribution < 1.29 is 87.7 Å². The van der Waals surface area contributed by atoms with Crippen LogP contribution in [0.3, 0.4) is 0 Å². The van der Waals surface area contributed by atoms with Crippen molar-refractivity contribution in [2.75, 3.05) is 26.4 Å². The molecule has 6 atom stereocenters. The average molecular weight is 993 g/mol. The van der Waals surface area contributed by atoms with Crippen LogP contribution >= 0.6 is 0 Å². The van der Waals surface area contributed by atoms with Crippen molar-refractivity contribution in [3.05, 3.63) is 80.9 Å². The predicted molar refractivity (Wildman–Crippen MR) is 272 cm³/mol. The molecule has 0 amide bonds. The van der Waals surface area contributed by atoms with Gasteiger partial charge in [-0.05, 0) is 111 Å². The molecule has 12 nitrogen and oxygen atoms in total. The Morgan fingerprint density at radius 2 is 1.03 bits per heavy atom. The fourth-order valence-corrected chi connectivity index (χ4v) is 9.29. The van der Waals surface area contributed by atoms with Crippen LogP contribution in [0.15, 0.2) is 36.4 Å². The van der Waals surface area contributed by atoms with Gasteiger partial charge in [0, 0.05) is 28.0 Å². The van der Waals surface area contributed by atoms with E-state index in [2.05, 4.69) is 39.3 Å². The summed E-state index contributed by atoms with van der Waals surface area (Å²) in [7, 11) is -2.56. The van der Waals surface area contributed by atoms with Gasteiger partial charge >= 0.3 is 47.5 Å². The number of aliphatic hydroxyl groups excluding tert-OH is 1. The van der Waals surface area contributed by atoms with Crippen LogP contribution in [0.4, 0.5) is 0 Å². The van der Waals surface area contributed by atoms with Crippen LogP contribution in [0.25, 0.3) is 12.2 Å². The number of hydrogen-bond acceptors (Lipinski definition) is 12. The first-order valence-electron chi connectivity index (χ1n) is 23.6. The number of rotatable bonds is 17. The summed E-state index contributed by atoms with van der Waals surface area (Å²) in [5.41, 5.74) is 6.27. The Morgan fingerprint density at radius 1 is 0.662 bits per heavy atom. The van der Waals surface area contributed by atoms with Gasteiger partial charge in [-0.3, -0.25) is 4.79 Å². The Bertz CT molecular complexity index is 2040. The Labute approximate surface area is 433 Å². The molecule has 2 fully saturated rings. The van der Waals surface area contributed by atoms with Gasteiger partial charge < -0.3 is 43.7 Å². The molecule has 2 aromatic carbocycles. The first-order chi connectivity index (χ1) is 30.2. The smallest absolute Gasteiger partial charge is 0.870 e. The Kier molecular flexibility index (Phi) is 24.6. The van der Waals surface area contributed by atoms with E-state index in [-0.39, 0.29) is 96.3 Å². The summed E-state index contributed by atoms with van der Waals surface area (Å²) in [5.74, 6) is -2.38. The van der Waals surface area contributed by atoms with Gasteiger partial charge in [-0.1, -0.05) is 113 Å². The quantitative estimate of drug-likeness (QED) is 0.0916. The van der Waals surface area contributed by atoms with Crippen molar-refractivity contribution >= 4 is 46.2 Å². The Morgan fingerprint density at radius 3 is 1.38 bits per heavy atom. The van der Waals surface area contributed by atoms with Gasteiger partial charge in [-0.25, -0.2) is 9.59 Å². The van der Waals surface area contributed by atoms with Crippen LogP contribution in [-0.4, -0.2) is 107 Å². The molecule has 378 valence electrons. The molecule has 0 radical (unpaired) electrons. The molecule has 2 heterocycles. The van der Waals surface area contributed by atoms with Gasteiger partial charge in [0.05, 0.1) is 48.6 Å². The largest absolute Gasteiger partial charge is 1.00 e. The molecule has 2 aliphatic rings. The first-order valence-corrected chi connectivity index (χ1v) is 31.1. The monoisotopic (exact) mass is 993 g/mol. The maximum absolute atomic E-state index is 13.0. The van der Waals surface area contributed by atoms with Gasteiger partial charge in [-0.2, -0.15) is 0 Å². The number of esters is 3. The normalized spacial score (nSPS) is 21.0. The molecular weight excluding hydrogens is 908 g/mol. The predicted octanol–water partition coefficient (Wildman–Crippen LogP) is 8.34. The van der Waals surface area contributed by atoms with Crippen molar-refractivity contribution in [2.24, 2.45) is 17.3 Å². The second-order valence-corrected chi connectivity index (χ2v) is 34.0. The zero-order valence-corrected chi connectivity index (χ0v) is 49.3. The summed E-state index contributed by atoms with van der Waals surface area (Å²) in [6.07, 6.45) is 6.66. The number of carbonyl (C=O) groups is 3. The summed E-state index contributed by atoms with van der Waals surface area (Å²) in [6, 6.07) is 9.90. The van der Waals surface area contributed by atoms with Crippen molar-refractivity contribution in [1.82, 2.24) is 0 Å². The topological polar surface area (TPSA) is 166 Å². The van der Waals surface area contributed by atoms with Crippen LogP contribution in [-0.2, 0) is 38.0 Å². The van der Waals surface area contributed by atoms with E-state index in [1.54, 1.807) is 0 Å². The SMILES string of the molecule is Cc1cc(C)c(C(=O)OCC[Si](C)(C)C)c(/C=C/C(C)[C@@H]2OC(C)(C)O[C@@H]2CO)c1.Cc1cc(C)c(C(=O)OCC[Si](C)(C)C)c(/C=C/C(C)[C@@H]2OC(C)(C)O[C@@H]2COC(=O)C(C)(C)C)c1.[Na+].[OH-]. The van der Waals surface area contributed by atoms with E-state index in [9.17, 15) is 19.5 Å². The summed E-state index contributed by atoms with van der Waals surface area (Å²) < 4.78 is 40.9. The first kappa shape index (κ1) is 63.5. The van der Waals surface area contributed by atoms with Crippen LogP contribution in [0, 0.1) is 44.9 Å². The van der Waals surface area contributed by atoms with Gasteiger partial charge in [0.15, 0.2) is 11.6 Å². The maximum Gasteiger partial charge on any atom is 1.00 e. The van der Waals surface area contributed by atoms with E-state index in [0.717, 1.165) is 45.5 Å². The number of carbonyl (C=O) groups excluding carboxylic acids is 3. The molecule has 2 aromatic rings. The molecule has 0 bridgehead atoms. The Hall–Kier alpha value is -2.48. The standard InChI is InChI=1S/C29H46O6Si.C24H38O5Si.Na.H2O/c1-19-16-21(3)24(26(30)32-14-15-36(9,10)11)22(17-19)13-12-20(2)25-23(34-29(7,8)35-25)18-33-27(31)28(4,5)6;1-16-13-18(3)21(23(26)27-11-12-30(6,7)8)19(14-16)10-9-17(2)22-20(15-25)28-24(4,5)29-22;;/h12-13,16-17,20,23,25H,14-15,18H2,1-11H3;9-10,13-14,17,20,22,25H,11-12,15H2,1-8H3;;1H2/q;;+1;/p-1/b13-12+;10-9+;;/t20?,23-,25+;17?,20-,22+;;/m11../s1. The molecule has 2 aliphatic heterocycles. The molecule has 15 heteroatoms.